The molecule has 0 aliphatic carbocycles. The molecule has 0 spiro atoms. The maximum absolute atomic E-state index is 6.03. The van der Waals surface area contributed by atoms with Crippen molar-refractivity contribution >= 4 is 11.6 Å². The highest BCUT2D eigenvalue weighted by atomic mass is 35.5. The van der Waals surface area contributed by atoms with Crippen LogP contribution in [0.1, 0.15) is 32.0 Å². The van der Waals surface area contributed by atoms with E-state index in [9.17, 15) is 0 Å². The Hall–Kier alpha value is -1.59. The van der Waals surface area contributed by atoms with Gasteiger partial charge in [-0.05, 0) is 37.6 Å². The number of benzene rings is 1. The molecule has 6 heteroatoms. The Morgan fingerprint density at radius 2 is 2.05 bits per heavy atom. The third-order valence-corrected chi connectivity index (χ3v) is 3.14. The molecule has 0 radical (unpaired) electrons. The number of nitrogens with two attached hydrogens (primary N) is 1. The minimum atomic E-state index is -0.581. The summed E-state index contributed by atoms with van der Waals surface area (Å²) in [6.07, 6.45) is 0.726. The van der Waals surface area contributed by atoms with Gasteiger partial charge in [0.2, 0.25) is 0 Å². The zero-order chi connectivity index (χ0) is 13.9. The van der Waals surface area contributed by atoms with Crippen LogP contribution in [0, 0.1) is 0 Å². The lowest BCUT2D eigenvalue weighted by atomic mass is 10.0. The van der Waals surface area contributed by atoms with Crippen molar-refractivity contribution in [2.75, 3.05) is 0 Å². The van der Waals surface area contributed by atoms with Gasteiger partial charge in [0, 0.05) is 5.02 Å². The van der Waals surface area contributed by atoms with Gasteiger partial charge in [-0.15, -0.1) is 0 Å². The van der Waals surface area contributed by atoms with Crippen LogP contribution in [0.15, 0.2) is 28.8 Å². The summed E-state index contributed by atoms with van der Waals surface area (Å²) in [5, 5.41) is 4.53. The van der Waals surface area contributed by atoms with Crippen LogP contribution >= 0.6 is 11.6 Å². The molecular formula is C13H16ClN3O2. The van der Waals surface area contributed by atoms with E-state index in [0.717, 1.165) is 6.42 Å². The van der Waals surface area contributed by atoms with Crippen LogP contribution in [-0.4, -0.2) is 10.1 Å². The van der Waals surface area contributed by atoms with Gasteiger partial charge in [-0.2, -0.15) is 4.98 Å². The predicted octanol–water partition coefficient (Wildman–Crippen LogP) is 2.89. The Bertz CT molecular complexity index is 537. The van der Waals surface area contributed by atoms with Crippen LogP contribution in [-0.2, 0) is 12.1 Å². The molecule has 1 unspecified atom stereocenters. The van der Waals surface area contributed by atoms with Crippen LogP contribution in [0.2, 0.25) is 5.02 Å². The van der Waals surface area contributed by atoms with Gasteiger partial charge in [0.25, 0.3) is 5.89 Å². The molecular weight excluding hydrogens is 266 g/mol. The predicted molar refractivity (Wildman–Crippen MR) is 71.9 cm³/mol. The average Bonchev–Trinajstić information content (AvgIpc) is 2.88. The number of ether oxygens (including phenoxy) is 1. The first-order valence-corrected chi connectivity index (χ1v) is 6.39. The van der Waals surface area contributed by atoms with Crippen molar-refractivity contribution in [1.29, 1.82) is 0 Å². The number of halogens is 1. The fourth-order valence-corrected chi connectivity index (χ4v) is 1.51. The summed E-state index contributed by atoms with van der Waals surface area (Å²) in [4.78, 5) is 4.23. The number of aromatic nitrogens is 2. The molecule has 0 amide bonds. The standard InChI is InChI=1S/C13H16ClN3O2/c1-3-13(2,15)12-16-11(19-17-12)8-18-10-6-4-9(14)5-7-10/h4-7H,3,8,15H2,1-2H3. The quantitative estimate of drug-likeness (QED) is 0.912. The average molecular weight is 282 g/mol. The van der Waals surface area contributed by atoms with Gasteiger partial charge >= 0.3 is 0 Å². The van der Waals surface area contributed by atoms with Gasteiger partial charge in [0.1, 0.15) is 5.75 Å². The van der Waals surface area contributed by atoms with Crippen molar-refractivity contribution in [3.05, 3.63) is 41.0 Å². The molecule has 2 aromatic rings. The van der Waals surface area contributed by atoms with E-state index in [0.29, 0.717) is 22.5 Å². The Morgan fingerprint density at radius 3 is 2.68 bits per heavy atom. The smallest absolute Gasteiger partial charge is 0.264 e. The molecule has 0 aliphatic rings. The van der Waals surface area contributed by atoms with E-state index in [4.69, 9.17) is 26.6 Å². The van der Waals surface area contributed by atoms with Crippen molar-refractivity contribution in [2.24, 2.45) is 5.73 Å². The summed E-state index contributed by atoms with van der Waals surface area (Å²) in [6, 6.07) is 7.06. The van der Waals surface area contributed by atoms with Gasteiger partial charge in [0.15, 0.2) is 12.4 Å². The molecule has 0 saturated carbocycles. The molecule has 5 nitrogen and oxygen atoms in total. The Labute approximate surface area is 116 Å². The van der Waals surface area contributed by atoms with Crippen molar-refractivity contribution < 1.29 is 9.26 Å². The highest BCUT2D eigenvalue weighted by molar-refractivity contribution is 6.30. The Morgan fingerprint density at radius 1 is 1.37 bits per heavy atom. The lowest BCUT2D eigenvalue weighted by Crippen LogP contribution is -2.33. The van der Waals surface area contributed by atoms with E-state index in [1.165, 1.54) is 0 Å². The highest BCUT2D eigenvalue weighted by Crippen LogP contribution is 2.19. The van der Waals surface area contributed by atoms with Crippen LogP contribution in [0.3, 0.4) is 0 Å². The van der Waals surface area contributed by atoms with Gasteiger partial charge < -0.3 is 15.0 Å². The summed E-state index contributed by atoms with van der Waals surface area (Å²) in [5.74, 6) is 1.58. The zero-order valence-electron chi connectivity index (χ0n) is 10.9. The molecule has 2 N–H and O–H groups in total. The first-order valence-electron chi connectivity index (χ1n) is 6.01. The van der Waals surface area contributed by atoms with E-state index in [-0.39, 0.29) is 6.61 Å². The molecule has 1 heterocycles. The van der Waals surface area contributed by atoms with Crippen LogP contribution in [0.4, 0.5) is 0 Å². The maximum Gasteiger partial charge on any atom is 0.264 e. The summed E-state index contributed by atoms with van der Waals surface area (Å²) in [7, 11) is 0. The van der Waals surface area contributed by atoms with Gasteiger partial charge in [-0.25, -0.2) is 0 Å². The van der Waals surface area contributed by atoms with Gasteiger partial charge in [-0.3, -0.25) is 0 Å². The molecule has 0 fully saturated rings. The number of nitrogens with zero attached hydrogens (tertiary/aromatic N) is 2. The number of rotatable bonds is 5. The largest absolute Gasteiger partial charge is 0.484 e. The molecule has 0 saturated heterocycles. The van der Waals surface area contributed by atoms with E-state index in [1.54, 1.807) is 24.3 Å². The molecule has 1 aromatic heterocycles. The minimum Gasteiger partial charge on any atom is -0.484 e. The monoisotopic (exact) mass is 281 g/mol. The second kappa shape index (κ2) is 5.59. The molecule has 19 heavy (non-hydrogen) atoms. The van der Waals surface area contributed by atoms with Crippen LogP contribution in [0.5, 0.6) is 5.75 Å². The lowest BCUT2D eigenvalue weighted by Gasteiger charge is -2.16. The highest BCUT2D eigenvalue weighted by Gasteiger charge is 2.25. The van der Waals surface area contributed by atoms with E-state index < -0.39 is 5.54 Å². The minimum absolute atomic E-state index is 0.203. The molecule has 2 rings (SSSR count). The molecule has 0 aliphatic heterocycles. The third kappa shape index (κ3) is 3.45. The Kier molecular flexibility index (Phi) is 4.07. The number of hydrogen-bond donors (Lipinski definition) is 1. The van der Waals surface area contributed by atoms with E-state index in [2.05, 4.69) is 10.1 Å². The fourth-order valence-electron chi connectivity index (χ4n) is 1.38. The third-order valence-electron chi connectivity index (χ3n) is 2.89. The summed E-state index contributed by atoms with van der Waals surface area (Å²) >= 11 is 5.79. The fraction of sp³-hybridized carbons (Fsp3) is 0.385. The van der Waals surface area contributed by atoms with Crippen LogP contribution < -0.4 is 10.5 Å². The molecule has 0 bridgehead atoms. The SMILES string of the molecule is CCC(C)(N)c1noc(COc2ccc(Cl)cc2)n1. The zero-order valence-corrected chi connectivity index (χ0v) is 11.6. The maximum atomic E-state index is 6.03. The van der Waals surface area contributed by atoms with Gasteiger partial charge in [0.05, 0.1) is 5.54 Å². The summed E-state index contributed by atoms with van der Waals surface area (Å²) in [5.41, 5.74) is 5.45. The normalized spacial score (nSPS) is 14.1. The first-order chi connectivity index (χ1) is 9.01. The summed E-state index contributed by atoms with van der Waals surface area (Å²) in [6.45, 7) is 4.04. The van der Waals surface area contributed by atoms with E-state index >= 15 is 0 Å². The second-order valence-corrected chi connectivity index (χ2v) is 4.96. The lowest BCUT2D eigenvalue weighted by molar-refractivity contribution is 0.241. The first kappa shape index (κ1) is 13.8. The van der Waals surface area contributed by atoms with E-state index in [1.807, 2.05) is 13.8 Å². The van der Waals surface area contributed by atoms with Crippen LogP contribution in [0.25, 0.3) is 0 Å². The Balaban J connectivity index is 1.99. The topological polar surface area (TPSA) is 74.2 Å². The molecule has 102 valence electrons. The van der Waals surface area contributed by atoms with Crippen molar-refractivity contribution in [3.63, 3.8) is 0 Å². The molecule has 1 atom stereocenters. The van der Waals surface area contributed by atoms with Crippen molar-refractivity contribution in [3.8, 4) is 5.75 Å². The van der Waals surface area contributed by atoms with Gasteiger partial charge in [-0.1, -0.05) is 23.7 Å². The van der Waals surface area contributed by atoms with Crippen molar-refractivity contribution in [2.45, 2.75) is 32.4 Å². The van der Waals surface area contributed by atoms with Crippen molar-refractivity contribution in [1.82, 2.24) is 10.1 Å². The number of hydrogen-bond acceptors (Lipinski definition) is 5. The molecule has 1 aromatic carbocycles. The summed E-state index contributed by atoms with van der Waals surface area (Å²) < 4.78 is 10.6. The second-order valence-electron chi connectivity index (χ2n) is 4.53.